The number of methoxy groups -OCH3 is 1. The molecule has 0 atom stereocenters. The summed E-state index contributed by atoms with van der Waals surface area (Å²) in [7, 11) is 1.61. The summed E-state index contributed by atoms with van der Waals surface area (Å²) < 4.78 is 5.00. The molecule has 0 spiro atoms. The van der Waals surface area contributed by atoms with E-state index in [0.29, 0.717) is 5.75 Å². The second-order valence-electron chi connectivity index (χ2n) is 3.13. The van der Waals surface area contributed by atoms with Gasteiger partial charge in [-0.2, -0.15) is 0 Å². The van der Waals surface area contributed by atoms with Gasteiger partial charge in [0.2, 0.25) is 0 Å². The molecule has 0 fully saturated rings. The van der Waals surface area contributed by atoms with Crippen molar-refractivity contribution in [1.82, 2.24) is 15.3 Å². The first kappa shape index (κ1) is 12.6. The first-order valence-corrected chi connectivity index (χ1v) is 5.66. The summed E-state index contributed by atoms with van der Waals surface area (Å²) in [4.78, 5) is 8.48. The number of ether oxygens (including phenoxy) is 1. The zero-order valence-corrected chi connectivity index (χ0v) is 10.2. The second kappa shape index (κ2) is 6.95. The van der Waals surface area contributed by atoms with Crippen LogP contribution in [0.5, 0.6) is 5.75 Å². The average Bonchev–Trinajstić information content (AvgIpc) is 2.42. The van der Waals surface area contributed by atoms with Gasteiger partial charge in [0, 0.05) is 6.54 Å². The fourth-order valence-electron chi connectivity index (χ4n) is 1.41. The minimum Gasteiger partial charge on any atom is -0.494 e. The van der Waals surface area contributed by atoms with E-state index in [-0.39, 0.29) is 0 Å². The lowest BCUT2D eigenvalue weighted by atomic mass is 10.1. The molecule has 1 aromatic rings. The van der Waals surface area contributed by atoms with Crippen molar-refractivity contribution >= 4 is 5.57 Å². The van der Waals surface area contributed by atoms with E-state index in [1.807, 2.05) is 13.8 Å². The van der Waals surface area contributed by atoms with Gasteiger partial charge < -0.3 is 10.1 Å². The van der Waals surface area contributed by atoms with Crippen molar-refractivity contribution in [2.75, 3.05) is 20.2 Å². The number of nitrogens with zero attached hydrogens (tertiary/aromatic N) is 2. The monoisotopic (exact) mass is 221 g/mol. The van der Waals surface area contributed by atoms with E-state index in [9.17, 15) is 0 Å². The lowest BCUT2D eigenvalue weighted by Crippen LogP contribution is -2.20. The Kier molecular flexibility index (Phi) is 5.50. The van der Waals surface area contributed by atoms with Crippen LogP contribution in [0.4, 0.5) is 0 Å². The van der Waals surface area contributed by atoms with Gasteiger partial charge in [-0.15, -0.1) is 0 Å². The molecule has 0 amide bonds. The van der Waals surface area contributed by atoms with Crippen molar-refractivity contribution < 1.29 is 4.74 Å². The van der Waals surface area contributed by atoms with Crippen LogP contribution in [0.2, 0.25) is 0 Å². The van der Waals surface area contributed by atoms with Gasteiger partial charge in [0.1, 0.15) is 0 Å². The Hall–Kier alpha value is -1.42. The molecule has 2 heterocycles. The smallest absolute Gasteiger partial charge is 0.155 e. The van der Waals surface area contributed by atoms with Crippen molar-refractivity contribution in [3.05, 3.63) is 24.3 Å². The summed E-state index contributed by atoms with van der Waals surface area (Å²) in [6.45, 7) is 5.91. The zero-order valence-electron chi connectivity index (χ0n) is 10.2. The molecule has 0 unspecified atom stereocenters. The number of hydrogen-bond donors (Lipinski definition) is 1. The molecule has 4 nitrogen and oxygen atoms in total. The maximum absolute atomic E-state index is 5.00. The average molecular weight is 221 g/mol. The molecule has 0 aromatic carbocycles. The Morgan fingerprint density at radius 1 is 1.25 bits per heavy atom. The third-order valence-corrected chi connectivity index (χ3v) is 2.21. The van der Waals surface area contributed by atoms with Gasteiger partial charge in [-0.1, -0.05) is 19.9 Å². The van der Waals surface area contributed by atoms with Crippen molar-refractivity contribution in [2.24, 2.45) is 0 Å². The van der Waals surface area contributed by atoms with E-state index < -0.39 is 0 Å². The van der Waals surface area contributed by atoms with Gasteiger partial charge in [0.15, 0.2) is 11.6 Å². The van der Waals surface area contributed by atoms with Gasteiger partial charge in [-0.3, -0.25) is 0 Å². The van der Waals surface area contributed by atoms with Crippen LogP contribution in [0.15, 0.2) is 18.5 Å². The number of nitrogens with one attached hydrogen (secondary N) is 1. The normalized spacial score (nSPS) is 14.6. The predicted molar refractivity (Wildman–Crippen MR) is 65.4 cm³/mol. The van der Waals surface area contributed by atoms with Crippen LogP contribution in [0.3, 0.4) is 0 Å². The Morgan fingerprint density at radius 2 is 1.94 bits per heavy atom. The van der Waals surface area contributed by atoms with Gasteiger partial charge in [-0.05, 0) is 18.5 Å². The zero-order chi connectivity index (χ0) is 11.8. The van der Waals surface area contributed by atoms with Crippen molar-refractivity contribution in [1.29, 1.82) is 0 Å². The molecule has 16 heavy (non-hydrogen) atoms. The fraction of sp³-hybridized carbons (Fsp3) is 0.500. The molecule has 1 N–H and O–H groups in total. The maximum Gasteiger partial charge on any atom is 0.155 e. The highest BCUT2D eigenvalue weighted by Crippen LogP contribution is 2.16. The lowest BCUT2D eigenvalue weighted by molar-refractivity contribution is 0.410. The van der Waals surface area contributed by atoms with Crippen LogP contribution in [-0.4, -0.2) is 30.2 Å². The third-order valence-electron chi connectivity index (χ3n) is 2.21. The first-order chi connectivity index (χ1) is 7.90. The second-order valence-corrected chi connectivity index (χ2v) is 3.13. The Bertz CT molecular complexity index is 333. The molecule has 0 saturated carbocycles. The Balaban J connectivity index is 0.000000606. The van der Waals surface area contributed by atoms with Gasteiger partial charge in [0.25, 0.3) is 0 Å². The van der Waals surface area contributed by atoms with Crippen molar-refractivity contribution in [3.63, 3.8) is 0 Å². The van der Waals surface area contributed by atoms with Crippen LogP contribution < -0.4 is 10.1 Å². The van der Waals surface area contributed by atoms with E-state index in [1.165, 1.54) is 5.57 Å². The minimum absolute atomic E-state index is 0.697. The highest BCUT2D eigenvalue weighted by atomic mass is 16.5. The number of rotatable bonds is 2. The Morgan fingerprint density at radius 3 is 2.44 bits per heavy atom. The molecule has 0 aliphatic carbocycles. The molecule has 0 bridgehead atoms. The molecule has 1 aliphatic heterocycles. The quantitative estimate of drug-likeness (QED) is 0.828. The van der Waals surface area contributed by atoms with Crippen LogP contribution in [0.1, 0.15) is 26.1 Å². The molecule has 0 saturated heterocycles. The summed E-state index contributed by atoms with van der Waals surface area (Å²) in [6, 6.07) is 0. The van der Waals surface area contributed by atoms with Crippen LogP contribution >= 0.6 is 0 Å². The first-order valence-electron chi connectivity index (χ1n) is 5.66. The highest BCUT2D eigenvalue weighted by Gasteiger charge is 2.07. The van der Waals surface area contributed by atoms with E-state index in [1.54, 1.807) is 19.5 Å². The summed E-state index contributed by atoms with van der Waals surface area (Å²) in [6.07, 6.45) is 6.52. The molecule has 0 radical (unpaired) electrons. The molecule has 4 heteroatoms. The van der Waals surface area contributed by atoms with Gasteiger partial charge in [0.05, 0.1) is 19.5 Å². The Labute approximate surface area is 96.8 Å². The highest BCUT2D eigenvalue weighted by molar-refractivity contribution is 5.60. The number of aromatic nitrogens is 2. The van der Waals surface area contributed by atoms with Crippen LogP contribution in [-0.2, 0) is 0 Å². The SMILES string of the molecule is CC.COc1cnc(C2=CCNCC2)nc1. The predicted octanol–water partition coefficient (Wildman–Crippen LogP) is 1.89. The standard InChI is InChI=1S/C10H13N3O.C2H6/c1-14-9-6-12-10(13-7-9)8-2-4-11-5-3-8;1-2/h2,6-7,11H,3-5H2,1H3;1-2H3. The topological polar surface area (TPSA) is 47.0 Å². The number of hydrogen-bond acceptors (Lipinski definition) is 4. The maximum atomic E-state index is 5.00. The van der Waals surface area contributed by atoms with Gasteiger partial charge in [-0.25, -0.2) is 9.97 Å². The van der Waals surface area contributed by atoms with Gasteiger partial charge >= 0.3 is 0 Å². The fourth-order valence-corrected chi connectivity index (χ4v) is 1.41. The van der Waals surface area contributed by atoms with Crippen molar-refractivity contribution in [2.45, 2.75) is 20.3 Å². The molecular weight excluding hydrogens is 202 g/mol. The molecule has 2 rings (SSSR count). The van der Waals surface area contributed by atoms with E-state index in [4.69, 9.17) is 4.74 Å². The summed E-state index contributed by atoms with van der Waals surface area (Å²) in [5.41, 5.74) is 1.21. The molecular formula is C12H19N3O. The van der Waals surface area contributed by atoms with E-state index >= 15 is 0 Å². The van der Waals surface area contributed by atoms with Crippen LogP contribution in [0.25, 0.3) is 5.57 Å². The minimum atomic E-state index is 0.697. The largest absolute Gasteiger partial charge is 0.494 e. The summed E-state index contributed by atoms with van der Waals surface area (Å²) >= 11 is 0. The van der Waals surface area contributed by atoms with Crippen LogP contribution in [0, 0.1) is 0 Å². The van der Waals surface area contributed by atoms with Crippen molar-refractivity contribution in [3.8, 4) is 5.75 Å². The van der Waals surface area contributed by atoms with E-state index in [0.717, 1.165) is 25.3 Å². The van der Waals surface area contributed by atoms with E-state index in [2.05, 4.69) is 21.4 Å². The summed E-state index contributed by atoms with van der Waals surface area (Å²) in [5, 5.41) is 3.25. The summed E-state index contributed by atoms with van der Waals surface area (Å²) in [5.74, 6) is 1.51. The third kappa shape index (κ3) is 3.31. The lowest BCUT2D eigenvalue weighted by Gasteiger charge is -2.12. The molecule has 88 valence electrons. The molecule has 1 aromatic heterocycles. The molecule has 1 aliphatic rings.